The van der Waals surface area contributed by atoms with Crippen LogP contribution in [-0.2, 0) is 0 Å². The third-order valence-electron chi connectivity index (χ3n) is 2.18. The van der Waals surface area contributed by atoms with Gasteiger partial charge in [0, 0.05) is 11.7 Å². The van der Waals surface area contributed by atoms with Crippen molar-refractivity contribution in [2.75, 3.05) is 0 Å². The van der Waals surface area contributed by atoms with Crippen LogP contribution in [0.25, 0.3) is 0 Å². The summed E-state index contributed by atoms with van der Waals surface area (Å²) in [6.45, 7) is 14.6. The first kappa shape index (κ1) is 12.2. The highest BCUT2D eigenvalue weighted by Gasteiger charge is 2.08. The highest BCUT2D eigenvalue weighted by atomic mass is 15.3. The molecule has 2 heteroatoms. The predicted octanol–water partition coefficient (Wildman–Crippen LogP) is 3.42. The molecule has 0 amide bonds. The van der Waals surface area contributed by atoms with Crippen LogP contribution in [0, 0.1) is 20.8 Å². The summed E-state index contributed by atoms with van der Waals surface area (Å²) < 4.78 is 2.07. The molecule has 0 aliphatic carbocycles. The highest BCUT2D eigenvalue weighted by Crippen LogP contribution is 2.14. The van der Waals surface area contributed by atoms with Crippen molar-refractivity contribution >= 4 is 0 Å². The van der Waals surface area contributed by atoms with E-state index in [2.05, 4.69) is 44.4 Å². The van der Waals surface area contributed by atoms with Crippen LogP contribution in [0.3, 0.4) is 0 Å². The summed E-state index contributed by atoms with van der Waals surface area (Å²) in [6, 6.07) is 0.474. The fraction of sp³-hybridized carbons (Fsp3) is 0.727. The second kappa shape index (κ2) is 5.05. The van der Waals surface area contributed by atoms with Crippen molar-refractivity contribution in [2.45, 2.75) is 54.5 Å². The van der Waals surface area contributed by atoms with Crippen LogP contribution in [0.15, 0.2) is 0 Å². The Hall–Kier alpha value is -0.790. The zero-order valence-electron chi connectivity index (χ0n) is 9.97. The van der Waals surface area contributed by atoms with E-state index in [0.29, 0.717) is 6.04 Å². The molecule has 0 saturated heterocycles. The first-order valence-electron chi connectivity index (χ1n) is 5.06. The summed E-state index contributed by atoms with van der Waals surface area (Å²) in [7, 11) is 0. The largest absolute Gasteiger partial charge is 0.267 e. The monoisotopic (exact) mass is 182 g/mol. The lowest BCUT2D eigenvalue weighted by atomic mass is 10.2. The second-order valence-corrected chi connectivity index (χ2v) is 3.33. The molecule has 1 aromatic rings. The second-order valence-electron chi connectivity index (χ2n) is 3.33. The summed E-state index contributed by atoms with van der Waals surface area (Å²) in [6.07, 6.45) is 0. The van der Waals surface area contributed by atoms with Gasteiger partial charge in [-0.1, -0.05) is 13.8 Å². The van der Waals surface area contributed by atoms with Crippen LogP contribution >= 0.6 is 0 Å². The van der Waals surface area contributed by atoms with Crippen molar-refractivity contribution in [3.8, 4) is 0 Å². The van der Waals surface area contributed by atoms with Crippen LogP contribution in [0.4, 0.5) is 0 Å². The quantitative estimate of drug-likeness (QED) is 0.650. The molecule has 0 aliphatic heterocycles. The molecule has 0 radical (unpaired) electrons. The van der Waals surface area contributed by atoms with Crippen molar-refractivity contribution in [3.63, 3.8) is 0 Å². The molecule has 0 N–H and O–H groups in total. The van der Waals surface area contributed by atoms with E-state index in [9.17, 15) is 0 Å². The molecular formula is C11H22N2. The van der Waals surface area contributed by atoms with E-state index >= 15 is 0 Å². The van der Waals surface area contributed by atoms with Gasteiger partial charge in [0.25, 0.3) is 0 Å². The number of aryl methyl sites for hydroxylation is 1. The highest BCUT2D eigenvalue weighted by molar-refractivity contribution is 5.22. The average molecular weight is 182 g/mol. The lowest BCUT2D eigenvalue weighted by Gasteiger charge is -2.07. The minimum Gasteiger partial charge on any atom is -0.267 e. The Morgan fingerprint density at radius 2 is 1.54 bits per heavy atom. The molecule has 0 spiro atoms. The van der Waals surface area contributed by atoms with E-state index in [1.165, 1.54) is 11.3 Å². The van der Waals surface area contributed by atoms with Crippen molar-refractivity contribution in [1.29, 1.82) is 0 Å². The SMILES string of the molecule is CC.Cc1nn(C(C)C)c(C)c1C. The Labute approximate surface area is 82.0 Å². The van der Waals surface area contributed by atoms with E-state index in [4.69, 9.17) is 0 Å². The zero-order chi connectivity index (χ0) is 10.6. The molecule has 0 saturated carbocycles. The van der Waals surface area contributed by atoms with Crippen LogP contribution in [-0.4, -0.2) is 9.78 Å². The molecule has 0 atom stereocenters. The molecule has 1 heterocycles. The van der Waals surface area contributed by atoms with Gasteiger partial charge >= 0.3 is 0 Å². The van der Waals surface area contributed by atoms with Gasteiger partial charge in [-0.15, -0.1) is 0 Å². The number of hydrogen-bond acceptors (Lipinski definition) is 1. The molecule has 0 bridgehead atoms. The lowest BCUT2D eigenvalue weighted by molar-refractivity contribution is 0.516. The lowest BCUT2D eigenvalue weighted by Crippen LogP contribution is -2.04. The third-order valence-corrected chi connectivity index (χ3v) is 2.18. The van der Waals surface area contributed by atoms with Crippen molar-refractivity contribution in [3.05, 3.63) is 17.0 Å². The molecule has 2 nitrogen and oxygen atoms in total. The smallest absolute Gasteiger partial charge is 0.0625 e. The maximum atomic E-state index is 4.43. The van der Waals surface area contributed by atoms with Gasteiger partial charge in [0.1, 0.15) is 0 Å². The fourth-order valence-corrected chi connectivity index (χ4v) is 1.25. The van der Waals surface area contributed by atoms with E-state index in [1.807, 2.05) is 13.8 Å². The maximum absolute atomic E-state index is 4.43. The van der Waals surface area contributed by atoms with Gasteiger partial charge in [-0.2, -0.15) is 5.10 Å². The molecule has 0 fully saturated rings. The predicted molar refractivity (Wildman–Crippen MR) is 58.2 cm³/mol. The first-order chi connectivity index (χ1) is 6.04. The molecular weight excluding hydrogens is 160 g/mol. The Kier molecular flexibility index (Phi) is 4.74. The van der Waals surface area contributed by atoms with E-state index in [0.717, 1.165) is 5.69 Å². The molecule has 1 rings (SSSR count). The van der Waals surface area contributed by atoms with Gasteiger partial charge in [-0.05, 0) is 40.2 Å². The summed E-state index contributed by atoms with van der Waals surface area (Å²) in [5, 5.41) is 4.43. The molecule has 1 aromatic heterocycles. The van der Waals surface area contributed by atoms with Crippen molar-refractivity contribution in [2.24, 2.45) is 0 Å². The van der Waals surface area contributed by atoms with E-state index in [-0.39, 0.29) is 0 Å². The normalized spacial score (nSPS) is 9.85. The Bertz CT molecular complexity index is 259. The summed E-state index contributed by atoms with van der Waals surface area (Å²) >= 11 is 0. The van der Waals surface area contributed by atoms with E-state index < -0.39 is 0 Å². The van der Waals surface area contributed by atoms with Crippen molar-refractivity contribution < 1.29 is 0 Å². The number of nitrogens with zero attached hydrogens (tertiary/aromatic N) is 2. The van der Waals surface area contributed by atoms with Gasteiger partial charge in [-0.3, -0.25) is 4.68 Å². The standard InChI is InChI=1S/C9H16N2.C2H6/c1-6(2)11-9(5)7(3)8(4)10-11;1-2/h6H,1-5H3;1-2H3. The fourth-order valence-electron chi connectivity index (χ4n) is 1.25. The van der Waals surface area contributed by atoms with Crippen LogP contribution < -0.4 is 0 Å². The summed E-state index contributed by atoms with van der Waals surface area (Å²) in [5.41, 5.74) is 3.76. The molecule has 76 valence electrons. The Morgan fingerprint density at radius 3 is 1.69 bits per heavy atom. The van der Waals surface area contributed by atoms with Crippen LogP contribution in [0.2, 0.25) is 0 Å². The Balaban J connectivity index is 0.000000671. The summed E-state index contributed by atoms with van der Waals surface area (Å²) in [4.78, 5) is 0. The van der Waals surface area contributed by atoms with Gasteiger partial charge in [0.2, 0.25) is 0 Å². The van der Waals surface area contributed by atoms with Gasteiger partial charge in [0.15, 0.2) is 0 Å². The topological polar surface area (TPSA) is 17.8 Å². The molecule has 13 heavy (non-hydrogen) atoms. The van der Waals surface area contributed by atoms with Gasteiger partial charge < -0.3 is 0 Å². The van der Waals surface area contributed by atoms with Crippen molar-refractivity contribution in [1.82, 2.24) is 9.78 Å². The average Bonchev–Trinajstić information content (AvgIpc) is 2.36. The van der Waals surface area contributed by atoms with Gasteiger partial charge in [-0.25, -0.2) is 0 Å². The summed E-state index contributed by atoms with van der Waals surface area (Å²) in [5.74, 6) is 0. The molecule has 0 unspecified atom stereocenters. The number of aromatic nitrogens is 2. The molecule has 0 aliphatic rings. The molecule has 0 aromatic carbocycles. The van der Waals surface area contributed by atoms with Crippen LogP contribution in [0.5, 0.6) is 0 Å². The van der Waals surface area contributed by atoms with Crippen LogP contribution in [0.1, 0.15) is 50.7 Å². The maximum Gasteiger partial charge on any atom is 0.0625 e. The minimum atomic E-state index is 0.474. The van der Waals surface area contributed by atoms with E-state index in [1.54, 1.807) is 0 Å². The Morgan fingerprint density at radius 1 is 1.08 bits per heavy atom. The third kappa shape index (κ3) is 2.58. The zero-order valence-corrected chi connectivity index (χ0v) is 9.97. The minimum absolute atomic E-state index is 0.474. The first-order valence-corrected chi connectivity index (χ1v) is 5.06. The van der Waals surface area contributed by atoms with Gasteiger partial charge in [0.05, 0.1) is 5.69 Å². The number of rotatable bonds is 1. The number of hydrogen-bond donors (Lipinski definition) is 0.